The van der Waals surface area contributed by atoms with Crippen LogP contribution < -0.4 is 0 Å². The van der Waals surface area contributed by atoms with E-state index in [0.29, 0.717) is 5.92 Å². The van der Waals surface area contributed by atoms with Crippen molar-refractivity contribution in [2.75, 3.05) is 0 Å². The summed E-state index contributed by atoms with van der Waals surface area (Å²) < 4.78 is 0. The molecule has 0 saturated heterocycles. The fourth-order valence-electron chi connectivity index (χ4n) is 1.80. The Morgan fingerprint density at radius 2 is 2.06 bits per heavy atom. The van der Waals surface area contributed by atoms with Gasteiger partial charge in [-0.25, -0.2) is 4.98 Å². The van der Waals surface area contributed by atoms with Crippen LogP contribution in [0.2, 0.25) is 5.15 Å². The van der Waals surface area contributed by atoms with E-state index < -0.39 is 5.24 Å². The summed E-state index contributed by atoms with van der Waals surface area (Å²) in [4.78, 5) is 15.4. The van der Waals surface area contributed by atoms with E-state index in [1.165, 1.54) is 0 Å². The van der Waals surface area contributed by atoms with Crippen molar-refractivity contribution in [2.24, 2.45) is 0 Å². The van der Waals surface area contributed by atoms with Crippen LogP contribution in [0.15, 0.2) is 24.3 Å². The molecule has 0 radical (unpaired) electrons. The fourth-order valence-corrected chi connectivity index (χ4v) is 2.22. The van der Waals surface area contributed by atoms with Crippen LogP contribution >= 0.6 is 23.2 Å². The second kappa shape index (κ2) is 4.63. The molecule has 0 spiro atoms. The molecule has 0 bridgehead atoms. The van der Waals surface area contributed by atoms with Gasteiger partial charge in [0.15, 0.2) is 0 Å². The summed E-state index contributed by atoms with van der Waals surface area (Å²) in [5.74, 6) is 0.347. The van der Waals surface area contributed by atoms with E-state index in [4.69, 9.17) is 23.2 Å². The second-order valence-corrected chi connectivity index (χ2v) is 4.88. The number of carbonyl (C=O) groups is 1. The van der Waals surface area contributed by atoms with E-state index in [-0.39, 0.29) is 10.7 Å². The lowest BCUT2D eigenvalue weighted by molar-refractivity contribution is 0.108. The second-order valence-electron chi connectivity index (χ2n) is 4.17. The minimum absolute atomic E-state index is 0.158. The zero-order chi connectivity index (χ0) is 12.6. The Hall–Kier alpha value is -1.12. The molecule has 1 aromatic carbocycles. The van der Waals surface area contributed by atoms with Crippen molar-refractivity contribution in [1.82, 2.24) is 4.98 Å². The van der Waals surface area contributed by atoms with Crippen LogP contribution in [0.25, 0.3) is 10.9 Å². The number of carbonyl (C=O) groups excluding carboxylic acids is 1. The van der Waals surface area contributed by atoms with Gasteiger partial charge in [-0.05, 0) is 29.1 Å². The smallest absolute Gasteiger partial charge is 0.255 e. The molecule has 88 valence electrons. The normalized spacial score (nSPS) is 11.1. The predicted octanol–water partition coefficient (Wildman–Crippen LogP) is 4.39. The van der Waals surface area contributed by atoms with Crippen LogP contribution in [-0.2, 0) is 0 Å². The van der Waals surface area contributed by atoms with Gasteiger partial charge in [-0.2, -0.15) is 0 Å². The Morgan fingerprint density at radius 3 is 2.65 bits per heavy atom. The third kappa shape index (κ3) is 2.28. The molecule has 4 heteroatoms. The Balaban J connectivity index is 2.78. The Kier molecular flexibility index (Phi) is 3.36. The van der Waals surface area contributed by atoms with E-state index in [0.717, 1.165) is 16.5 Å². The Morgan fingerprint density at radius 1 is 1.35 bits per heavy atom. The molecule has 1 aromatic heterocycles. The van der Waals surface area contributed by atoms with Gasteiger partial charge in [0.05, 0.1) is 11.1 Å². The van der Waals surface area contributed by atoms with Crippen molar-refractivity contribution in [1.29, 1.82) is 0 Å². The summed E-state index contributed by atoms with van der Waals surface area (Å²) in [6.45, 7) is 4.18. The van der Waals surface area contributed by atoms with Crippen molar-refractivity contribution in [3.05, 3.63) is 40.5 Å². The summed E-state index contributed by atoms with van der Waals surface area (Å²) >= 11 is 11.4. The van der Waals surface area contributed by atoms with Crippen LogP contribution in [0, 0.1) is 0 Å². The van der Waals surface area contributed by atoms with E-state index in [1.807, 2.05) is 18.2 Å². The average molecular weight is 268 g/mol. The third-order valence-corrected chi connectivity index (χ3v) is 3.16. The number of fused-ring (bicyclic) bond motifs is 1. The molecule has 0 N–H and O–H groups in total. The number of aromatic nitrogens is 1. The lowest BCUT2D eigenvalue weighted by atomic mass is 9.99. The lowest BCUT2D eigenvalue weighted by Crippen LogP contribution is -1.97. The SMILES string of the molecule is CC(C)c1cccc2cc(C(=O)Cl)c(Cl)nc12. The van der Waals surface area contributed by atoms with Gasteiger partial charge in [-0.1, -0.05) is 43.6 Å². The van der Waals surface area contributed by atoms with E-state index in [2.05, 4.69) is 18.8 Å². The topological polar surface area (TPSA) is 30.0 Å². The molecule has 2 nitrogen and oxygen atoms in total. The molecule has 17 heavy (non-hydrogen) atoms. The number of hydrogen-bond acceptors (Lipinski definition) is 2. The number of benzene rings is 1. The summed E-state index contributed by atoms with van der Waals surface area (Å²) in [7, 11) is 0. The highest BCUT2D eigenvalue weighted by molar-refractivity contribution is 6.68. The van der Waals surface area contributed by atoms with Crippen LogP contribution in [0.3, 0.4) is 0 Å². The largest absolute Gasteiger partial charge is 0.275 e. The minimum atomic E-state index is -0.584. The van der Waals surface area contributed by atoms with Gasteiger partial charge in [-0.15, -0.1) is 0 Å². The van der Waals surface area contributed by atoms with Crippen molar-refractivity contribution in [3.63, 3.8) is 0 Å². The average Bonchev–Trinajstić information content (AvgIpc) is 2.26. The van der Waals surface area contributed by atoms with Crippen molar-refractivity contribution < 1.29 is 4.79 Å². The van der Waals surface area contributed by atoms with Gasteiger partial charge < -0.3 is 0 Å². The Bertz CT molecular complexity index is 593. The quantitative estimate of drug-likeness (QED) is 0.597. The standard InChI is InChI=1S/C13H11Cl2NO/c1-7(2)9-5-3-4-8-6-10(13(15)17)12(14)16-11(8)9/h3-7H,1-2H3. The van der Waals surface area contributed by atoms with Crippen molar-refractivity contribution in [2.45, 2.75) is 19.8 Å². The zero-order valence-electron chi connectivity index (χ0n) is 9.50. The van der Waals surface area contributed by atoms with Crippen molar-refractivity contribution in [3.8, 4) is 0 Å². The van der Waals surface area contributed by atoms with Gasteiger partial charge >= 0.3 is 0 Å². The van der Waals surface area contributed by atoms with Gasteiger partial charge in [0.2, 0.25) is 0 Å². The van der Waals surface area contributed by atoms with Gasteiger partial charge in [0.1, 0.15) is 5.15 Å². The highest BCUT2D eigenvalue weighted by Crippen LogP contribution is 2.27. The maximum Gasteiger partial charge on any atom is 0.255 e. The first kappa shape index (κ1) is 12.3. The van der Waals surface area contributed by atoms with Crippen molar-refractivity contribution >= 4 is 39.3 Å². The number of halogens is 2. The maximum absolute atomic E-state index is 11.2. The number of rotatable bonds is 2. The molecule has 0 amide bonds. The number of hydrogen-bond donors (Lipinski definition) is 0. The Labute approximate surface area is 110 Å². The van der Waals surface area contributed by atoms with Gasteiger partial charge in [0, 0.05) is 5.39 Å². The first-order valence-electron chi connectivity index (χ1n) is 5.29. The molecule has 1 heterocycles. The number of nitrogens with zero attached hydrogens (tertiary/aromatic N) is 1. The molecule has 2 rings (SSSR count). The zero-order valence-corrected chi connectivity index (χ0v) is 11.0. The molecule has 2 aromatic rings. The molecule has 0 saturated carbocycles. The van der Waals surface area contributed by atoms with Crippen LogP contribution in [-0.4, -0.2) is 10.2 Å². The number of pyridine rings is 1. The molecular weight excluding hydrogens is 257 g/mol. The summed E-state index contributed by atoms with van der Waals surface area (Å²) in [5.41, 5.74) is 2.19. The lowest BCUT2D eigenvalue weighted by Gasteiger charge is -2.10. The molecular formula is C13H11Cl2NO. The van der Waals surface area contributed by atoms with Crippen LogP contribution in [0.5, 0.6) is 0 Å². The third-order valence-electron chi connectivity index (χ3n) is 2.66. The highest BCUT2D eigenvalue weighted by Gasteiger charge is 2.13. The predicted molar refractivity (Wildman–Crippen MR) is 71.0 cm³/mol. The van der Waals surface area contributed by atoms with Crippen LogP contribution in [0.4, 0.5) is 0 Å². The molecule has 0 aliphatic carbocycles. The minimum Gasteiger partial charge on any atom is -0.275 e. The first-order valence-corrected chi connectivity index (χ1v) is 6.05. The monoisotopic (exact) mass is 267 g/mol. The number of para-hydroxylation sites is 1. The van der Waals surface area contributed by atoms with Crippen LogP contribution in [0.1, 0.15) is 35.7 Å². The molecule has 0 aliphatic heterocycles. The van der Waals surface area contributed by atoms with E-state index in [9.17, 15) is 4.79 Å². The van der Waals surface area contributed by atoms with Gasteiger partial charge in [0.25, 0.3) is 5.24 Å². The van der Waals surface area contributed by atoms with E-state index >= 15 is 0 Å². The molecule has 0 atom stereocenters. The molecule has 0 fully saturated rings. The first-order chi connectivity index (χ1) is 8.00. The fraction of sp³-hybridized carbons (Fsp3) is 0.231. The molecule has 0 aliphatic rings. The molecule has 0 unspecified atom stereocenters. The summed E-state index contributed by atoms with van der Waals surface area (Å²) in [5, 5.41) is 0.453. The summed E-state index contributed by atoms with van der Waals surface area (Å²) in [6, 6.07) is 7.54. The van der Waals surface area contributed by atoms with E-state index in [1.54, 1.807) is 6.07 Å². The summed E-state index contributed by atoms with van der Waals surface area (Å²) in [6.07, 6.45) is 0. The maximum atomic E-state index is 11.2. The highest BCUT2D eigenvalue weighted by atomic mass is 35.5. The van der Waals surface area contributed by atoms with Gasteiger partial charge in [-0.3, -0.25) is 4.79 Å².